The lowest BCUT2D eigenvalue weighted by Gasteiger charge is -2.33. The lowest BCUT2D eigenvalue weighted by molar-refractivity contribution is -0.641. The van der Waals surface area contributed by atoms with E-state index in [-0.39, 0.29) is 5.54 Å². The van der Waals surface area contributed by atoms with Crippen LogP contribution in [0.2, 0.25) is 0 Å². The molecule has 0 amide bonds. The summed E-state index contributed by atoms with van der Waals surface area (Å²) in [6.45, 7) is 2.21. The second kappa shape index (κ2) is 1.79. The molecule has 2 bridgehead atoms. The van der Waals surface area contributed by atoms with E-state index in [1.165, 1.54) is 12.8 Å². The van der Waals surface area contributed by atoms with Gasteiger partial charge in [-0.25, -0.2) is 0 Å². The number of nitrogens with zero attached hydrogens (tertiary/aromatic N) is 2. The zero-order valence-electron chi connectivity index (χ0n) is 7.26. The first-order valence-electron chi connectivity index (χ1n) is 4.73. The van der Waals surface area contributed by atoms with Gasteiger partial charge in [-0.15, -0.1) is 0 Å². The molecule has 4 atom stereocenters. The highest BCUT2D eigenvalue weighted by atomic mass is 79.9. The van der Waals surface area contributed by atoms with Crippen LogP contribution in [0.3, 0.4) is 0 Å². The molecule has 0 aromatic heterocycles. The Morgan fingerprint density at radius 2 is 2.25 bits per heavy atom. The van der Waals surface area contributed by atoms with Gasteiger partial charge in [0.2, 0.25) is 0 Å². The lowest BCUT2D eigenvalue weighted by Crippen LogP contribution is -2.44. The number of hydrogen-bond acceptors (Lipinski definition) is 0. The highest BCUT2D eigenvalue weighted by Gasteiger charge is 2.70. The zero-order chi connectivity index (χ0) is 8.56. The largest absolute Gasteiger partial charge is 0.506 e. The molecule has 0 N–H and O–H groups in total. The van der Waals surface area contributed by atoms with Crippen LogP contribution in [0.5, 0.6) is 0 Å². The van der Waals surface area contributed by atoms with Crippen molar-refractivity contribution in [2.45, 2.75) is 48.5 Å². The van der Waals surface area contributed by atoms with Crippen molar-refractivity contribution in [3.8, 4) is 0 Å². The predicted molar refractivity (Wildman–Crippen MR) is 49.4 cm³/mol. The summed E-state index contributed by atoms with van der Waals surface area (Å²) in [6.07, 6.45) is 4.72. The molecule has 66 valence electrons. The minimum atomic E-state index is 0.0897. The first-order valence-corrected chi connectivity index (χ1v) is 5.53. The zero-order valence-corrected chi connectivity index (χ0v) is 8.84. The van der Waals surface area contributed by atoms with E-state index in [2.05, 4.69) is 22.9 Å². The fourth-order valence-electron chi connectivity index (χ4n) is 3.70. The van der Waals surface area contributed by atoms with Gasteiger partial charge in [-0.3, -0.25) is 0 Å². The Morgan fingerprint density at radius 1 is 1.50 bits per heavy atom. The molecule has 0 aromatic carbocycles. The standard InChI is InChI=1S/C9H13BrN2/c1-8-2-3-9(10)5-6(12(8)11)4-7(8)9/h6-7H,2-5H2,1H3. The summed E-state index contributed by atoms with van der Waals surface area (Å²) < 4.78 is 2.02. The minimum Gasteiger partial charge on any atom is -0.506 e. The summed E-state index contributed by atoms with van der Waals surface area (Å²) in [6, 6.07) is 0.432. The molecule has 3 aliphatic rings. The van der Waals surface area contributed by atoms with E-state index < -0.39 is 0 Å². The van der Waals surface area contributed by atoms with Crippen molar-refractivity contribution in [1.82, 2.24) is 0 Å². The molecule has 1 heterocycles. The Morgan fingerprint density at radius 3 is 2.83 bits per heavy atom. The quantitative estimate of drug-likeness (QED) is 0.450. The number of alkyl halides is 1. The summed E-state index contributed by atoms with van der Waals surface area (Å²) in [7, 11) is 0. The van der Waals surface area contributed by atoms with E-state index in [1.807, 2.05) is 0 Å². The smallest absolute Gasteiger partial charge is 0.152 e. The SMILES string of the molecule is CC12CCC3(Br)CC(CC31)[N+]2=[N-]. The van der Waals surface area contributed by atoms with Crippen LogP contribution in [-0.2, 0) is 0 Å². The highest BCUT2D eigenvalue weighted by molar-refractivity contribution is 9.10. The summed E-state index contributed by atoms with van der Waals surface area (Å²) in [5.74, 6) is 0.681. The van der Waals surface area contributed by atoms with Crippen molar-refractivity contribution in [2.75, 3.05) is 0 Å². The molecule has 4 unspecified atom stereocenters. The van der Waals surface area contributed by atoms with Crippen LogP contribution in [0.15, 0.2) is 0 Å². The number of piperidine rings is 1. The normalized spacial score (nSPS) is 61.7. The third kappa shape index (κ3) is 0.573. The van der Waals surface area contributed by atoms with Gasteiger partial charge in [-0.2, -0.15) is 0 Å². The van der Waals surface area contributed by atoms with Crippen molar-refractivity contribution < 1.29 is 4.70 Å². The van der Waals surface area contributed by atoms with E-state index in [0.717, 1.165) is 12.8 Å². The highest BCUT2D eigenvalue weighted by Crippen LogP contribution is 2.64. The molecule has 0 aromatic rings. The molecule has 0 spiro atoms. The Hall–Kier alpha value is 0.0800. The fraction of sp³-hybridized carbons (Fsp3) is 1.00. The molecule has 3 fully saturated rings. The van der Waals surface area contributed by atoms with Crippen molar-refractivity contribution in [3.05, 3.63) is 5.53 Å². The summed E-state index contributed by atoms with van der Waals surface area (Å²) >= 11 is 3.87. The first kappa shape index (κ1) is 7.48. The molecular formula is C9H13BrN2. The average Bonchev–Trinajstić information content (AvgIpc) is 2.52. The maximum absolute atomic E-state index is 9.89. The van der Waals surface area contributed by atoms with Crippen LogP contribution in [-0.4, -0.2) is 20.6 Å². The Labute approximate surface area is 81.0 Å². The third-order valence-electron chi connectivity index (χ3n) is 4.37. The van der Waals surface area contributed by atoms with Gasteiger partial charge < -0.3 is 10.2 Å². The van der Waals surface area contributed by atoms with Crippen LogP contribution in [0.4, 0.5) is 0 Å². The molecule has 1 aliphatic heterocycles. The first-order chi connectivity index (χ1) is 5.56. The van der Waals surface area contributed by atoms with Crippen molar-refractivity contribution in [2.24, 2.45) is 5.92 Å². The third-order valence-corrected chi connectivity index (χ3v) is 5.65. The molecular weight excluding hydrogens is 216 g/mol. The monoisotopic (exact) mass is 228 g/mol. The molecule has 12 heavy (non-hydrogen) atoms. The number of fused-ring (bicyclic) bond motifs is 1. The topological polar surface area (TPSA) is 25.3 Å². The number of rotatable bonds is 0. The lowest BCUT2D eigenvalue weighted by atomic mass is 9.87. The molecule has 3 rings (SSSR count). The molecule has 2 aliphatic carbocycles. The van der Waals surface area contributed by atoms with E-state index in [9.17, 15) is 5.53 Å². The van der Waals surface area contributed by atoms with Gasteiger partial charge in [-0.1, -0.05) is 15.9 Å². The van der Waals surface area contributed by atoms with Gasteiger partial charge in [0.05, 0.1) is 0 Å². The van der Waals surface area contributed by atoms with Gasteiger partial charge in [-0.05, 0) is 13.3 Å². The predicted octanol–water partition coefficient (Wildman–Crippen LogP) is 2.50. The van der Waals surface area contributed by atoms with Crippen LogP contribution in [0.25, 0.3) is 5.53 Å². The van der Waals surface area contributed by atoms with Crippen molar-refractivity contribution in [3.63, 3.8) is 0 Å². The van der Waals surface area contributed by atoms with E-state index in [4.69, 9.17) is 0 Å². The molecule has 0 radical (unpaired) electrons. The molecule has 2 nitrogen and oxygen atoms in total. The molecule has 1 saturated heterocycles. The van der Waals surface area contributed by atoms with Crippen LogP contribution < -0.4 is 0 Å². The number of halogens is 1. The van der Waals surface area contributed by atoms with Crippen LogP contribution in [0, 0.1) is 5.92 Å². The van der Waals surface area contributed by atoms with Crippen molar-refractivity contribution in [1.29, 1.82) is 0 Å². The fourth-order valence-corrected chi connectivity index (χ4v) is 4.95. The van der Waals surface area contributed by atoms with Gasteiger partial charge in [0.15, 0.2) is 5.54 Å². The van der Waals surface area contributed by atoms with Crippen LogP contribution in [0.1, 0.15) is 32.6 Å². The maximum Gasteiger partial charge on any atom is 0.152 e. The second-order valence-corrected chi connectivity index (χ2v) is 6.46. The summed E-state index contributed by atoms with van der Waals surface area (Å²) in [5.41, 5.74) is 9.98. The summed E-state index contributed by atoms with van der Waals surface area (Å²) in [4.78, 5) is 0. The Bertz CT molecular complexity index is 278. The van der Waals surface area contributed by atoms with Gasteiger partial charge >= 0.3 is 0 Å². The second-order valence-electron chi connectivity index (χ2n) is 4.88. The van der Waals surface area contributed by atoms with E-state index in [0.29, 0.717) is 16.3 Å². The minimum absolute atomic E-state index is 0.0897. The van der Waals surface area contributed by atoms with E-state index in [1.54, 1.807) is 4.70 Å². The van der Waals surface area contributed by atoms with Gasteiger partial charge in [0.25, 0.3) is 0 Å². The molecule has 3 heteroatoms. The van der Waals surface area contributed by atoms with Gasteiger partial charge in [0, 0.05) is 29.5 Å². The maximum atomic E-state index is 9.89. The van der Waals surface area contributed by atoms with E-state index >= 15 is 0 Å². The summed E-state index contributed by atoms with van der Waals surface area (Å²) in [5, 5.41) is 0. The molecule has 2 saturated carbocycles. The Balaban J connectivity index is 2.15. The van der Waals surface area contributed by atoms with Crippen LogP contribution >= 0.6 is 15.9 Å². The number of hydrogen-bond donors (Lipinski definition) is 0. The van der Waals surface area contributed by atoms with Crippen molar-refractivity contribution >= 4 is 15.9 Å². The average molecular weight is 229 g/mol. The Kier molecular flexibility index (Phi) is 1.12. The van der Waals surface area contributed by atoms with Gasteiger partial charge in [0.1, 0.15) is 6.04 Å².